The maximum Gasteiger partial charge on any atom is 0.352 e. The summed E-state index contributed by atoms with van der Waals surface area (Å²) in [5, 5.41) is 53.5. The third-order valence-electron chi connectivity index (χ3n) is 4.49. The molecular formula is C20H21N3O13. The molecule has 194 valence electrons. The number of aromatic amines is 2. The first-order valence-electron chi connectivity index (χ1n) is 9.80. The van der Waals surface area contributed by atoms with E-state index in [0.717, 1.165) is 24.5 Å². The van der Waals surface area contributed by atoms with Crippen LogP contribution in [0, 0.1) is 0 Å². The van der Waals surface area contributed by atoms with E-state index in [9.17, 15) is 33.6 Å². The van der Waals surface area contributed by atoms with Crippen LogP contribution < -0.4 is 10.7 Å². The highest BCUT2D eigenvalue weighted by Crippen LogP contribution is 2.12. The Morgan fingerprint density at radius 2 is 1.06 bits per heavy atom. The van der Waals surface area contributed by atoms with Crippen LogP contribution in [0.15, 0.2) is 29.3 Å². The van der Waals surface area contributed by atoms with Crippen LogP contribution in [0.2, 0.25) is 0 Å². The maximum absolute atomic E-state index is 10.8. The van der Waals surface area contributed by atoms with Gasteiger partial charge in [0, 0.05) is 24.5 Å². The van der Waals surface area contributed by atoms with Crippen LogP contribution in [0.5, 0.6) is 0 Å². The van der Waals surface area contributed by atoms with E-state index in [4.69, 9.17) is 30.6 Å². The predicted molar refractivity (Wildman–Crippen MR) is 116 cm³/mol. The number of pyridine rings is 1. The quantitative estimate of drug-likeness (QED) is 0.244. The molecule has 2 atom stereocenters. The molecule has 0 amide bonds. The Morgan fingerprint density at radius 1 is 0.667 bits per heavy atom. The number of carboxylic acids is 6. The zero-order valence-electron chi connectivity index (χ0n) is 18.1. The van der Waals surface area contributed by atoms with Gasteiger partial charge in [-0.1, -0.05) is 0 Å². The minimum absolute atomic E-state index is 0.225. The standard InChI is InChI=1S/C7H5NO5.C7H11NO4.C6H5NO4/c9-3-1-4(6(10)11)8-5(2-3)7(12)13;9-6(10)4-2-1-3-5(8-4)7(11)12;8-5(9)3-1-7-2-4(3)6(10)11/h1-2H,(H,8,9)(H,10,11)(H,12,13);4-5,8H,1-3H2,(H,9,10)(H,11,12);1-2,7H,(H,8,9)(H,10,11). The molecule has 9 N–H and O–H groups in total. The summed E-state index contributed by atoms with van der Waals surface area (Å²) in [5.74, 6) is -7.19. The second-order valence-electron chi connectivity index (χ2n) is 7.03. The SMILES string of the molecule is O=C(O)C1CCCC(C(=O)O)N1.O=C(O)c1c[nH]cc1C(=O)O.O=C(O)c1cc(=O)cc(C(=O)O)[nH]1. The minimum Gasteiger partial charge on any atom is -0.480 e. The summed E-state index contributed by atoms with van der Waals surface area (Å²) in [4.78, 5) is 77.5. The van der Waals surface area contributed by atoms with Gasteiger partial charge in [-0.3, -0.25) is 19.7 Å². The summed E-state index contributed by atoms with van der Waals surface area (Å²) in [6.07, 6.45) is 3.94. The number of carbonyl (C=O) groups is 6. The van der Waals surface area contributed by atoms with Crippen molar-refractivity contribution in [3.05, 3.63) is 57.3 Å². The molecule has 3 rings (SSSR count). The number of piperidine rings is 1. The molecule has 2 aromatic heterocycles. The Balaban J connectivity index is 0.000000271. The fraction of sp³-hybridized carbons (Fsp3) is 0.250. The molecule has 0 aromatic carbocycles. The lowest BCUT2D eigenvalue weighted by Gasteiger charge is -2.25. The average Bonchev–Trinajstić information content (AvgIpc) is 3.30. The summed E-state index contributed by atoms with van der Waals surface area (Å²) in [6.45, 7) is 0. The van der Waals surface area contributed by atoms with Gasteiger partial charge in [0.2, 0.25) is 0 Å². The highest BCUT2D eigenvalue weighted by atomic mass is 16.4. The highest BCUT2D eigenvalue weighted by molar-refractivity contribution is 6.01. The second kappa shape index (κ2) is 13.0. The number of aliphatic carboxylic acids is 2. The number of carboxylic acid groups (broad SMARTS) is 6. The van der Waals surface area contributed by atoms with Crippen molar-refractivity contribution >= 4 is 35.8 Å². The Hall–Kier alpha value is -4.99. The summed E-state index contributed by atoms with van der Waals surface area (Å²) < 4.78 is 0. The average molecular weight is 511 g/mol. The Morgan fingerprint density at radius 3 is 1.36 bits per heavy atom. The van der Waals surface area contributed by atoms with Crippen molar-refractivity contribution < 1.29 is 59.4 Å². The number of hydrogen-bond donors (Lipinski definition) is 9. The van der Waals surface area contributed by atoms with Crippen molar-refractivity contribution in [1.82, 2.24) is 15.3 Å². The van der Waals surface area contributed by atoms with E-state index in [1.165, 1.54) is 0 Å². The minimum atomic E-state index is -1.37. The topological polar surface area (TPSA) is 284 Å². The lowest BCUT2D eigenvalue weighted by atomic mass is 9.99. The fourth-order valence-corrected chi connectivity index (χ4v) is 2.82. The molecule has 0 aliphatic carbocycles. The van der Waals surface area contributed by atoms with Gasteiger partial charge in [-0.25, -0.2) is 19.2 Å². The first-order valence-corrected chi connectivity index (χ1v) is 9.80. The maximum atomic E-state index is 10.8. The van der Waals surface area contributed by atoms with E-state index in [2.05, 4.69) is 15.3 Å². The van der Waals surface area contributed by atoms with E-state index >= 15 is 0 Å². The van der Waals surface area contributed by atoms with Gasteiger partial charge in [-0.15, -0.1) is 0 Å². The van der Waals surface area contributed by atoms with Gasteiger partial charge >= 0.3 is 35.8 Å². The molecule has 36 heavy (non-hydrogen) atoms. The monoisotopic (exact) mass is 511 g/mol. The lowest BCUT2D eigenvalue weighted by Crippen LogP contribution is -2.50. The molecule has 0 spiro atoms. The van der Waals surface area contributed by atoms with Gasteiger partial charge < -0.3 is 40.6 Å². The van der Waals surface area contributed by atoms with Crippen LogP contribution in [0.25, 0.3) is 0 Å². The molecule has 0 saturated carbocycles. The Labute approximate surface area is 199 Å². The summed E-state index contributed by atoms with van der Waals surface area (Å²) >= 11 is 0. The Bertz CT molecular complexity index is 1130. The molecular weight excluding hydrogens is 490 g/mol. The molecule has 1 aliphatic heterocycles. The molecule has 0 radical (unpaired) electrons. The van der Waals surface area contributed by atoms with Crippen LogP contribution >= 0.6 is 0 Å². The van der Waals surface area contributed by atoms with Crippen LogP contribution in [-0.4, -0.2) is 88.5 Å². The van der Waals surface area contributed by atoms with Gasteiger partial charge in [0.25, 0.3) is 0 Å². The third-order valence-corrected chi connectivity index (χ3v) is 4.49. The van der Waals surface area contributed by atoms with E-state index in [1.807, 2.05) is 0 Å². The summed E-state index contributed by atoms with van der Waals surface area (Å²) in [6, 6.07) is 0.239. The van der Waals surface area contributed by atoms with Gasteiger partial charge in [-0.2, -0.15) is 0 Å². The largest absolute Gasteiger partial charge is 0.480 e. The molecule has 1 saturated heterocycles. The van der Waals surface area contributed by atoms with E-state index < -0.39 is 64.7 Å². The number of hydrogen-bond acceptors (Lipinski definition) is 8. The molecule has 16 heteroatoms. The van der Waals surface area contributed by atoms with Crippen LogP contribution in [0.1, 0.15) is 61.0 Å². The van der Waals surface area contributed by atoms with Crippen molar-refractivity contribution in [3.8, 4) is 0 Å². The zero-order chi connectivity index (χ0) is 27.6. The second-order valence-corrected chi connectivity index (χ2v) is 7.03. The van der Waals surface area contributed by atoms with Gasteiger partial charge in [0.15, 0.2) is 5.43 Å². The molecule has 2 unspecified atom stereocenters. The number of rotatable bonds is 6. The number of aromatic nitrogens is 2. The predicted octanol–water partition coefficient (Wildman–Crippen LogP) is -0.151. The van der Waals surface area contributed by atoms with Crippen LogP contribution in [-0.2, 0) is 9.59 Å². The molecule has 1 aliphatic rings. The Kier molecular flexibility index (Phi) is 10.5. The van der Waals surface area contributed by atoms with Gasteiger partial charge in [0.05, 0.1) is 11.1 Å². The zero-order valence-corrected chi connectivity index (χ0v) is 18.1. The summed E-state index contributed by atoms with van der Waals surface area (Å²) in [5.41, 5.74) is -1.99. The summed E-state index contributed by atoms with van der Waals surface area (Å²) in [7, 11) is 0. The number of nitrogens with one attached hydrogen (secondary N) is 3. The smallest absolute Gasteiger partial charge is 0.352 e. The van der Waals surface area contributed by atoms with Crippen molar-refractivity contribution in [2.45, 2.75) is 31.3 Å². The van der Waals surface area contributed by atoms with E-state index in [0.29, 0.717) is 19.3 Å². The number of aromatic carboxylic acids is 4. The van der Waals surface area contributed by atoms with Gasteiger partial charge in [0.1, 0.15) is 23.5 Å². The van der Waals surface area contributed by atoms with Gasteiger partial charge in [-0.05, 0) is 19.3 Å². The van der Waals surface area contributed by atoms with Crippen molar-refractivity contribution in [2.24, 2.45) is 0 Å². The first kappa shape index (κ1) is 29.0. The van der Waals surface area contributed by atoms with Crippen molar-refractivity contribution in [3.63, 3.8) is 0 Å². The van der Waals surface area contributed by atoms with E-state index in [-0.39, 0.29) is 11.1 Å². The van der Waals surface area contributed by atoms with Crippen LogP contribution in [0.3, 0.4) is 0 Å². The molecule has 16 nitrogen and oxygen atoms in total. The molecule has 3 heterocycles. The third kappa shape index (κ3) is 8.75. The van der Waals surface area contributed by atoms with E-state index in [1.54, 1.807) is 0 Å². The molecule has 1 fully saturated rings. The lowest BCUT2D eigenvalue weighted by molar-refractivity contribution is -0.144. The molecule has 2 aromatic rings. The first-order chi connectivity index (χ1) is 16.7. The van der Waals surface area contributed by atoms with Crippen molar-refractivity contribution in [2.75, 3.05) is 0 Å². The molecule has 0 bridgehead atoms. The van der Waals surface area contributed by atoms with Crippen LogP contribution in [0.4, 0.5) is 0 Å². The fourth-order valence-electron chi connectivity index (χ4n) is 2.82. The highest BCUT2D eigenvalue weighted by Gasteiger charge is 2.29. The normalized spacial score (nSPS) is 16.2. The van der Waals surface area contributed by atoms with Crippen molar-refractivity contribution in [1.29, 1.82) is 0 Å². The number of H-pyrrole nitrogens is 2.